The van der Waals surface area contributed by atoms with Gasteiger partial charge in [0.05, 0.1) is 43.8 Å². The number of para-hydroxylation sites is 2. The van der Waals surface area contributed by atoms with Crippen LogP contribution in [0.2, 0.25) is 0 Å². The molecule has 0 amide bonds. The molecule has 0 atom stereocenters. The summed E-state index contributed by atoms with van der Waals surface area (Å²) >= 11 is 0. The Kier molecular flexibility index (Phi) is 11.7. The Morgan fingerprint density at radius 2 is 0.859 bits per heavy atom. The highest BCUT2D eigenvalue weighted by Gasteiger charge is 2.18. The zero-order valence-electron chi connectivity index (χ0n) is 35.4. The van der Waals surface area contributed by atoms with Crippen molar-refractivity contribution in [2.45, 2.75) is 0 Å². The number of ether oxygens (including phenoxy) is 2. The van der Waals surface area contributed by atoms with Crippen molar-refractivity contribution in [3.05, 3.63) is 233 Å². The van der Waals surface area contributed by atoms with E-state index in [0.29, 0.717) is 22.4 Å². The zero-order chi connectivity index (χ0) is 43.8. The maximum atomic E-state index is 10.3. The van der Waals surface area contributed by atoms with Gasteiger partial charge in [0.15, 0.2) is 5.69 Å². The lowest BCUT2D eigenvalue weighted by Crippen LogP contribution is -2.10. The Hall–Kier alpha value is -8.84. The molecule has 0 saturated carbocycles. The lowest BCUT2D eigenvalue weighted by Gasteiger charge is -2.27. The van der Waals surface area contributed by atoms with Crippen molar-refractivity contribution in [3.8, 4) is 17.6 Å². The summed E-state index contributed by atoms with van der Waals surface area (Å²) in [6.45, 7) is 8.05. The standard InChI is InChI=1S/C58H42N4O2/c1-60-54-39-43(28-22-41-24-30-48(31-25-41)61(46-14-6-4-7-15-46)55-34-36-57(63-2)52-20-12-10-18-50(52)55)45(40-59)38-44(54)29-23-42-26-32-49(33-27-42)62(47-16-8-5-9-17-47)56-35-37-58(64-3)53-21-13-11-19-51(53)56/h4-39H,2-3H3/b28-22+,29-23+. The van der Waals surface area contributed by atoms with Crippen LogP contribution in [0.3, 0.4) is 0 Å². The van der Waals surface area contributed by atoms with Crippen LogP contribution in [0.5, 0.6) is 11.5 Å². The van der Waals surface area contributed by atoms with E-state index in [1.807, 2.05) is 97.1 Å². The monoisotopic (exact) mass is 826 g/mol. The molecule has 0 bridgehead atoms. The van der Waals surface area contributed by atoms with E-state index in [-0.39, 0.29) is 0 Å². The van der Waals surface area contributed by atoms with E-state index >= 15 is 0 Å². The molecule has 0 fully saturated rings. The molecule has 0 aliphatic carbocycles. The van der Waals surface area contributed by atoms with Crippen molar-refractivity contribution in [2.75, 3.05) is 24.0 Å². The summed E-state index contributed by atoms with van der Waals surface area (Å²) in [6, 6.07) is 68.0. The number of nitriles is 1. The van der Waals surface area contributed by atoms with Crippen LogP contribution in [-0.2, 0) is 0 Å². The first-order chi connectivity index (χ1) is 31.6. The number of methoxy groups -OCH3 is 2. The third-order valence-electron chi connectivity index (χ3n) is 11.3. The molecule has 0 unspecified atom stereocenters. The first-order valence-electron chi connectivity index (χ1n) is 20.9. The molecule has 0 aliphatic rings. The van der Waals surface area contributed by atoms with E-state index in [4.69, 9.17) is 16.0 Å². The average molecular weight is 827 g/mol. The summed E-state index contributed by atoms with van der Waals surface area (Å²) in [5.41, 5.74) is 10.4. The molecular formula is C58H42N4O2. The van der Waals surface area contributed by atoms with Crippen LogP contribution >= 0.6 is 0 Å². The number of fused-ring (bicyclic) bond motifs is 2. The van der Waals surface area contributed by atoms with Gasteiger partial charge >= 0.3 is 0 Å². The van der Waals surface area contributed by atoms with Gasteiger partial charge in [-0.1, -0.05) is 133 Å². The molecule has 0 aliphatic heterocycles. The van der Waals surface area contributed by atoms with Crippen molar-refractivity contribution in [2.24, 2.45) is 0 Å². The van der Waals surface area contributed by atoms with Gasteiger partial charge in [0.1, 0.15) is 11.5 Å². The van der Waals surface area contributed by atoms with Crippen molar-refractivity contribution in [1.82, 2.24) is 0 Å². The lowest BCUT2D eigenvalue weighted by molar-refractivity contribution is 0.420. The minimum absolute atomic E-state index is 0.466. The van der Waals surface area contributed by atoms with Crippen molar-refractivity contribution in [1.29, 1.82) is 5.26 Å². The van der Waals surface area contributed by atoms with Crippen molar-refractivity contribution >= 4 is 85.7 Å². The summed E-state index contributed by atoms with van der Waals surface area (Å²) < 4.78 is 11.4. The fraction of sp³-hybridized carbons (Fsp3) is 0.0345. The fourth-order valence-corrected chi connectivity index (χ4v) is 8.19. The maximum absolute atomic E-state index is 10.3. The Bertz CT molecular complexity index is 3030. The molecule has 9 aromatic rings. The molecule has 0 radical (unpaired) electrons. The van der Waals surface area contributed by atoms with E-state index in [2.05, 4.69) is 130 Å². The molecule has 6 heteroatoms. The number of nitrogens with zero attached hydrogens (tertiary/aromatic N) is 4. The molecule has 0 spiro atoms. The van der Waals surface area contributed by atoms with Gasteiger partial charge in [0.2, 0.25) is 0 Å². The highest BCUT2D eigenvalue weighted by molar-refractivity contribution is 6.03. The highest BCUT2D eigenvalue weighted by atomic mass is 16.5. The predicted molar refractivity (Wildman–Crippen MR) is 266 cm³/mol. The molecule has 0 aromatic heterocycles. The SMILES string of the molecule is [C-]#[N+]c1cc(/C=C/c2ccc(N(c3ccccc3)c3ccc(OC)c4ccccc34)cc2)c(C#N)cc1/C=C/c1ccc(N(c2ccccc2)c2ccc(OC)c3ccccc23)cc1. The van der Waals surface area contributed by atoms with Gasteiger partial charge in [0, 0.05) is 44.3 Å². The molecule has 64 heavy (non-hydrogen) atoms. The first-order valence-corrected chi connectivity index (χ1v) is 20.9. The van der Waals surface area contributed by atoms with Gasteiger partial charge < -0.3 is 19.3 Å². The largest absolute Gasteiger partial charge is 0.496 e. The van der Waals surface area contributed by atoms with E-state index < -0.39 is 0 Å². The molecule has 9 aromatic carbocycles. The smallest absolute Gasteiger partial charge is 0.194 e. The molecule has 0 heterocycles. The van der Waals surface area contributed by atoms with Crippen LogP contribution in [0.15, 0.2) is 194 Å². The van der Waals surface area contributed by atoms with Gasteiger partial charge in [-0.25, -0.2) is 4.85 Å². The van der Waals surface area contributed by atoms with Gasteiger partial charge in [-0.05, 0) is 107 Å². The second kappa shape index (κ2) is 18.4. The zero-order valence-corrected chi connectivity index (χ0v) is 35.4. The third kappa shape index (κ3) is 8.16. The van der Waals surface area contributed by atoms with Crippen LogP contribution in [-0.4, -0.2) is 14.2 Å². The van der Waals surface area contributed by atoms with Crippen LogP contribution in [0.25, 0.3) is 50.7 Å². The second-order valence-electron chi connectivity index (χ2n) is 15.1. The van der Waals surface area contributed by atoms with Crippen LogP contribution in [0.1, 0.15) is 27.8 Å². The number of benzene rings is 9. The first kappa shape index (κ1) is 40.6. The van der Waals surface area contributed by atoms with E-state index in [1.54, 1.807) is 26.4 Å². The van der Waals surface area contributed by atoms with Crippen LogP contribution in [0, 0.1) is 17.9 Å². The van der Waals surface area contributed by atoms with Gasteiger partial charge in [-0.2, -0.15) is 5.26 Å². The number of hydrogen-bond acceptors (Lipinski definition) is 5. The minimum Gasteiger partial charge on any atom is -0.496 e. The predicted octanol–water partition coefficient (Wildman–Crippen LogP) is 15.7. The summed E-state index contributed by atoms with van der Waals surface area (Å²) in [4.78, 5) is 8.35. The molecule has 0 saturated heterocycles. The Morgan fingerprint density at radius 1 is 0.453 bits per heavy atom. The molecule has 6 nitrogen and oxygen atoms in total. The second-order valence-corrected chi connectivity index (χ2v) is 15.1. The van der Waals surface area contributed by atoms with Gasteiger partial charge in [0.25, 0.3) is 0 Å². The number of rotatable bonds is 12. The van der Waals surface area contributed by atoms with E-state index in [0.717, 1.165) is 78.3 Å². The number of anilines is 6. The minimum atomic E-state index is 0.466. The Balaban J connectivity index is 0.973. The highest BCUT2D eigenvalue weighted by Crippen LogP contribution is 2.43. The summed E-state index contributed by atoms with van der Waals surface area (Å²) in [7, 11) is 3.40. The van der Waals surface area contributed by atoms with Crippen molar-refractivity contribution < 1.29 is 9.47 Å². The van der Waals surface area contributed by atoms with Crippen LogP contribution in [0.4, 0.5) is 39.8 Å². The summed E-state index contributed by atoms with van der Waals surface area (Å²) in [6.07, 6.45) is 7.78. The van der Waals surface area contributed by atoms with Crippen molar-refractivity contribution in [3.63, 3.8) is 0 Å². The summed E-state index contributed by atoms with van der Waals surface area (Å²) in [5.74, 6) is 1.65. The van der Waals surface area contributed by atoms with E-state index in [1.165, 1.54) is 0 Å². The molecule has 306 valence electrons. The lowest BCUT2D eigenvalue weighted by atomic mass is 10.0. The molecule has 0 N–H and O–H groups in total. The maximum Gasteiger partial charge on any atom is 0.194 e. The normalized spacial score (nSPS) is 11.1. The van der Waals surface area contributed by atoms with Gasteiger partial charge in [-0.3, -0.25) is 0 Å². The van der Waals surface area contributed by atoms with Gasteiger partial charge in [-0.15, -0.1) is 0 Å². The molecular weight excluding hydrogens is 785 g/mol. The third-order valence-corrected chi connectivity index (χ3v) is 11.3. The Morgan fingerprint density at radius 3 is 1.28 bits per heavy atom. The average Bonchev–Trinajstić information content (AvgIpc) is 3.36. The molecule has 9 rings (SSSR count). The fourth-order valence-electron chi connectivity index (χ4n) is 8.19. The van der Waals surface area contributed by atoms with Crippen LogP contribution < -0.4 is 19.3 Å². The van der Waals surface area contributed by atoms with E-state index in [9.17, 15) is 5.26 Å². The topological polar surface area (TPSA) is 53.1 Å². The summed E-state index contributed by atoms with van der Waals surface area (Å²) in [5, 5.41) is 14.5. The Labute approximate surface area is 373 Å². The quantitative estimate of drug-likeness (QED) is 0.0907. The number of hydrogen-bond donors (Lipinski definition) is 0.